The molecule has 0 aliphatic carbocycles. The predicted octanol–water partition coefficient (Wildman–Crippen LogP) is 4.35. The number of aromatic nitrogens is 2. The fraction of sp³-hybridized carbons (Fsp3) is 0.333. The summed E-state index contributed by atoms with van der Waals surface area (Å²) in [5, 5.41) is 3.71. The van der Waals surface area contributed by atoms with Crippen LogP contribution in [0.15, 0.2) is 48.7 Å². The van der Waals surface area contributed by atoms with Crippen molar-refractivity contribution in [3.05, 3.63) is 66.7 Å². The predicted molar refractivity (Wildman–Crippen MR) is 100 cm³/mol. The minimum absolute atomic E-state index is 0. The van der Waals surface area contributed by atoms with Crippen LogP contribution in [0.2, 0.25) is 0 Å². The Morgan fingerprint density at radius 1 is 1.17 bits per heavy atom. The quantitative estimate of drug-likeness (QED) is 0.307. The van der Waals surface area contributed by atoms with Crippen LogP contribution < -0.4 is 4.74 Å². The van der Waals surface area contributed by atoms with Gasteiger partial charge in [-0.1, -0.05) is 12.1 Å². The Balaban J connectivity index is 0.000000169. The summed E-state index contributed by atoms with van der Waals surface area (Å²) in [4.78, 5) is 2.17. The second kappa shape index (κ2) is 9.29. The Morgan fingerprint density at radius 3 is 2.67 bits per heavy atom. The Kier molecular flexibility index (Phi) is 6.95. The van der Waals surface area contributed by atoms with Gasteiger partial charge in [0.1, 0.15) is 6.17 Å². The van der Waals surface area contributed by atoms with Crippen LogP contribution in [-0.4, -0.2) is 46.6 Å². The van der Waals surface area contributed by atoms with Crippen molar-refractivity contribution in [1.82, 2.24) is 14.7 Å². The number of halogens is 4. The molecule has 9 heteroatoms. The third-order valence-electron chi connectivity index (χ3n) is 4.92. The van der Waals surface area contributed by atoms with Crippen LogP contribution in [0.5, 0.6) is 5.75 Å². The van der Waals surface area contributed by atoms with Gasteiger partial charge in [-0.2, -0.15) is 12.5 Å². The first-order chi connectivity index (χ1) is 13.9. The van der Waals surface area contributed by atoms with E-state index in [1.165, 1.54) is 6.07 Å². The van der Waals surface area contributed by atoms with Crippen molar-refractivity contribution in [3.8, 4) is 5.75 Å². The summed E-state index contributed by atoms with van der Waals surface area (Å²) >= 11 is 0. The van der Waals surface area contributed by atoms with Crippen molar-refractivity contribution in [3.63, 3.8) is 0 Å². The molecule has 1 fully saturated rings. The number of ether oxygens (including phenoxy) is 1. The summed E-state index contributed by atoms with van der Waals surface area (Å²) < 4.78 is 55.1. The molecule has 2 atom stereocenters. The SMILES string of the molecule is FC(F)(F)n1cc2[c-]cccc2n1.FC1CCN(C2[CH-]c3ccccc3OC2)C1.[Mn+2]. The number of hydrogen-bond acceptors (Lipinski definition) is 3. The van der Waals surface area contributed by atoms with Crippen LogP contribution in [0.25, 0.3) is 10.9 Å². The smallest absolute Gasteiger partial charge is 0.550 e. The molecular formula is C21H19F4MnN3O. The zero-order chi connectivity index (χ0) is 20.4. The average Bonchev–Trinajstić information content (AvgIpc) is 3.34. The molecule has 1 aromatic heterocycles. The number of hydrogen-bond donors (Lipinski definition) is 0. The van der Waals surface area contributed by atoms with Crippen LogP contribution in [0, 0.1) is 12.5 Å². The number of fused-ring (bicyclic) bond motifs is 2. The second-order valence-electron chi connectivity index (χ2n) is 6.97. The first-order valence-electron chi connectivity index (χ1n) is 9.28. The zero-order valence-electron chi connectivity index (χ0n) is 15.8. The summed E-state index contributed by atoms with van der Waals surface area (Å²) in [5.74, 6) is 0.940. The van der Waals surface area contributed by atoms with E-state index in [9.17, 15) is 17.6 Å². The molecule has 2 aliphatic heterocycles. The van der Waals surface area contributed by atoms with E-state index < -0.39 is 12.5 Å². The molecule has 0 bridgehead atoms. The normalized spacial score (nSPS) is 20.9. The zero-order valence-corrected chi connectivity index (χ0v) is 17.0. The van der Waals surface area contributed by atoms with Crippen LogP contribution in [0.1, 0.15) is 12.0 Å². The average molecular weight is 460 g/mol. The number of rotatable bonds is 1. The van der Waals surface area contributed by atoms with E-state index in [0.29, 0.717) is 30.5 Å². The molecule has 4 nitrogen and oxygen atoms in total. The van der Waals surface area contributed by atoms with Crippen molar-refractivity contribution in [2.24, 2.45) is 0 Å². The topological polar surface area (TPSA) is 30.3 Å². The first-order valence-corrected chi connectivity index (χ1v) is 9.28. The molecule has 1 radical (unpaired) electrons. The summed E-state index contributed by atoms with van der Waals surface area (Å²) in [6, 6.07) is 15.5. The molecule has 5 rings (SSSR count). The minimum atomic E-state index is -4.45. The van der Waals surface area contributed by atoms with Gasteiger partial charge in [0.05, 0.1) is 6.61 Å². The Bertz CT molecular complexity index is 945. The number of para-hydroxylation sites is 1. The number of likely N-dealkylation sites (tertiary alicyclic amines) is 1. The molecule has 0 amide bonds. The van der Waals surface area contributed by atoms with E-state index >= 15 is 0 Å². The van der Waals surface area contributed by atoms with Gasteiger partial charge in [-0.3, -0.25) is 0 Å². The van der Waals surface area contributed by atoms with Crippen LogP contribution in [-0.2, 0) is 23.4 Å². The van der Waals surface area contributed by atoms with E-state index in [0.717, 1.165) is 24.1 Å². The second-order valence-corrected chi connectivity index (χ2v) is 6.97. The molecule has 159 valence electrons. The molecular weight excluding hydrogens is 441 g/mol. The minimum Gasteiger partial charge on any atom is -0.550 e. The summed E-state index contributed by atoms with van der Waals surface area (Å²) in [5.41, 5.74) is 1.42. The van der Waals surface area contributed by atoms with Gasteiger partial charge in [0, 0.05) is 30.4 Å². The van der Waals surface area contributed by atoms with Crippen LogP contribution in [0.3, 0.4) is 0 Å². The molecule has 30 heavy (non-hydrogen) atoms. The summed E-state index contributed by atoms with van der Waals surface area (Å²) in [7, 11) is 0. The van der Waals surface area contributed by atoms with Gasteiger partial charge >= 0.3 is 23.4 Å². The van der Waals surface area contributed by atoms with E-state index in [-0.39, 0.29) is 27.8 Å². The molecule has 3 heterocycles. The maximum atomic E-state index is 13.1. The largest absolute Gasteiger partial charge is 2.00 e. The Morgan fingerprint density at radius 2 is 1.97 bits per heavy atom. The van der Waals surface area contributed by atoms with Crippen molar-refractivity contribution in [2.45, 2.75) is 24.9 Å². The molecule has 3 aromatic rings. The number of alkyl halides is 4. The molecule has 2 aliphatic rings. The van der Waals surface area contributed by atoms with Crippen molar-refractivity contribution in [2.75, 3.05) is 19.7 Å². The van der Waals surface area contributed by atoms with Crippen molar-refractivity contribution >= 4 is 10.9 Å². The van der Waals surface area contributed by atoms with E-state index in [4.69, 9.17) is 4.74 Å². The summed E-state index contributed by atoms with van der Waals surface area (Å²) in [6.07, 6.45) is -1.35. The molecule has 0 saturated carbocycles. The molecule has 0 N–H and O–H groups in total. The third-order valence-corrected chi connectivity index (χ3v) is 4.92. The third kappa shape index (κ3) is 5.09. The fourth-order valence-electron chi connectivity index (χ4n) is 3.46. The van der Waals surface area contributed by atoms with E-state index in [1.54, 1.807) is 12.1 Å². The van der Waals surface area contributed by atoms with Gasteiger partial charge in [-0.25, -0.2) is 14.2 Å². The van der Waals surface area contributed by atoms with Gasteiger partial charge in [0.2, 0.25) is 0 Å². The monoisotopic (exact) mass is 460 g/mol. The maximum Gasteiger partial charge on any atom is 2.00 e. The van der Waals surface area contributed by atoms with Gasteiger partial charge < -0.3 is 9.64 Å². The van der Waals surface area contributed by atoms with E-state index in [1.807, 2.05) is 24.3 Å². The van der Waals surface area contributed by atoms with E-state index in [2.05, 4.69) is 22.5 Å². The maximum absolute atomic E-state index is 13.1. The van der Waals surface area contributed by atoms with Crippen molar-refractivity contribution in [1.29, 1.82) is 0 Å². The van der Waals surface area contributed by atoms with Crippen LogP contribution >= 0.6 is 0 Å². The number of nitrogens with zero attached hydrogens (tertiary/aromatic N) is 3. The van der Waals surface area contributed by atoms with Crippen LogP contribution in [0.4, 0.5) is 17.6 Å². The van der Waals surface area contributed by atoms with Crippen molar-refractivity contribution < 1.29 is 39.4 Å². The Hall–Kier alpha value is -2.22. The fourth-order valence-corrected chi connectivity index (χ4v) is 3.46. The summed E-state index contributed by atoms with van der Waals surface area (Å²) in [6.45, 7) is 2.03. The molecule has 2 aromatic carbocycles. The first kappa shape index (κ1) is 22.5. The van der Waals surface area contributed by atoms with Gasteiger partial charge in [0.15, 0.2) is 0 Å². The van der Waals surface area contributed by atoms with Gasteiger partial charge in [0.25, 0.3) is 0 Å². The number of benzene rings is 2. The Labute approximate surface area is 182 Å². The van der Waals surface area contributed by atoms with Gasteiger partial charge in [-0.05, 0) is 12.6 Å². The molecule has 2 unspecified atom stereocenters. The molecule has 1 saturated heterocycles. The van der Waals surface area contributed by atoms with Gasteiger partial charge in [-0.15, -0.1) is 54.5 Å². The molecule has 0 spiro atoms. The standard InChI is InChI=1S/C13H15FNO.C8H4F3N2.Mn/c14-11-5-6-15(8-11)12-7-10-3-1-2-4-13(10)16-9-12;9-8(10,11)13-5-6-3-1-2-4-7(6)12-13;/h1-4,7,11-12H,5-6,8-9H2;1-2,4-5H;/q2*-1;+2.